The zero-order valence-electron chi connectivity index (χ0n) is 18.5. The minimum Gasteiger partial charge on any atom is -0.508 e. The maximum Gasteiger partial charge on any atom is 0.188 e. The smallest absolute Gasteiger partial charge is 0.188 e. The monoisotopic (exact) mass is 452 g/mol. The van der Waals surface area contributed by atoms with Gasteiger partial charge in [-0.05, 0) is 53.1 Å². The van der Waals surface area contributed by atoms with Crippen LogP contribution in [0, 0.1) is 0 Å². The van der Waals surface area contributed by atoms with Gasteiger partial charge in [0.05, 0.1) is 0 Å². The van der Waals surface area contributed by atoms with Gasteiger partial charge in [-0.15, -0.1) is 11.8 Å². The van der Waals surface area contributed by atoms with E-state index in [1.165, 1.54) is 16.0 Å². The van der Waals surface area contributed by atoms with E-state index in [9.17, 15) is 5.11 Å². The molecule has 1 aliphatic heterocycles. The second kappa shape index (κ2) is 9.86. The molecular formula is C26H28O5S. The van der Waals surface area contributed by atoms with E-state index in [1.54, 1.807) is 26.4 Å². The highest BCUT2D eigenvalue weighted by molar-refractivity contribution is 7.99. The van der Waals surface area contributed by atoms with Gasteiger partial charge in [0.1, 0.15) is 17.2 Å². The first kappa shape index (κ1) is 22.5. The summed E-state index contributed by atoms with van der Waals surface area (Å²) in [4.78, 5) is 1.20. The largest absolute Gasteiger partial charge is 0.508 e. The number of hydrogen-bond acceptors (Lipinski definition) is 6. The molecule has 1 aliphatic rings. The van der Waals surface area contributed by atoms with Gasteiger partial charge in [-0.2, -0.15) is 0 Å². The number of hydrogen-bond donors (Lipinski definition) is 1. The van der Waals surface area contributed by atoms with E-state index in [0.717, 1.165) is 22.8 Å². The standard InChI is InChI=1S/C26H28O5S/c1-26(19-6-10-21(11-7-19)30-16-28-2)15-32-24-14-22(31-17-29-3)12-13-23(24)25(26)18-4-8-20(27)9-5-18/h4-14,25,27H,15-17H2,1-3H3. The van der Waals surface area contributed by atoms with Crippen molar-refractivity contribution >= 4 is 11.8 Å². The summed E-state index contributed by atoms with van der Waals surface area (Å²) in [5, 5.41) is 9.86. The van der Waals surface area contributed by atoms with Crippen molar-refractivity contribution < 1.29 is 24.1 Å². The highest BCUT2D eigenvalue weighted by Crippen LogP contribution is 2.53. The molecule has 0 amide bonds. The van der Waals surface area contributed by atoms with Gasteiger partial charge in [0.25, 0.3) is 0 Å². The van der Waals surface area contributed by atoms with Crippen molar-refractivity contribution in [1.29, 1.82) is 0 Å². The Morgan fingerprint density at radius 2 is 1.50 bits per heavy atom. The van der Waals surface area contributed by atoms with Crippen LogP contribution in [0.2, 0.25) is 0 Å². The molecule has 1 heterocycles. The van der Waals surface area contributed by atoms with E-state index >= 15 is 0 Å². The fourth-order valence-electron chi connectivity index (χ4n) is 4.27. The third-order valence-corrected chi connectivity index (χ3v) is 7.30. The van der Waals surface area contributed by atoms with E-state index in [4.69, 9.17) is 18.9 Å². The number of methoxy groups -OCH3 is 2. The van der Waals surface area contributed by atoms with Crippen LogP contribution in [0.3, 0.4) is 0 Å². The maximum atomic E-state index is 9.86. The fraction of sp³-hybridized carbons (Fsp3) is 0.308. The molecule has 4 rings (SSSR count). The van der Waals surface area contributed by atoms with Gasteiger partial charge in [-0.3, -0.25) is 0 Å². The molecule has 2 atom stereocenters. The Kier molecular flexibility index (Phi) is 6.94. The molecule has 0 spiro atoms. The molecule has 2 unspecified atom stereocenters. The second-order valence-corrected chi connectivity index (χ2v) is 9.07. The Bertz CT molecular complexity index is 1040. The highest BCUT2D eigenvalue weighted by atomic mass is 32.2. The van der Waals surface area contributed by atoms with E-state index in [0.29, 0.717) is 0 Å². The zero-order chi connectivity index (χ0) is 22.6. The quantitative estimate of drug-likeness (QED) is 0.452. The SMILES string of the molecule is COCOc1ccc(C2(C)CSc3cc(OCOC)ccc3C2c2ccc(O)cc2)cc1. The second-order valence-electron chi connectivity index (χ2n) is 8.06. The Balaban J connectivity index is 1.75. The molecule has 5 nitrogen and oxygen atoms in total. The molecule has 0 saturated carbocycles. The zero-order valence-corrected chi connectivity index (χ0v) is 19.4. The number of ether oxygens (including phenoxy) is 4. The first-order chi connectivity index (χ1) is 15.5. The van der Waals surface area contributed by atoms with Crippen molar-refractivity contribution in [2.45, 2.75) is 23.2 Å². The van der Waals surface area contributed by atoms with Gasteiger partial charge in [0, 0.05) is 36.2 Å². The van der Waals surface area contributed by atoms with Crippen LogP contribution in [-0.2, 0) is 14.9 Å². The number of thioether (sulfide) groups is 1. The lowest BCUT2D eigenvalue weighted by Crippen LogP contribution is -2.36. The van der Waals surface area contributed by atoms with Gasteiger partial charge in [0.15, 0.2) is 13.6 Å². The fourth-order valence-corrected chi connectivity index (χ4v) is 5.61. The van der Waals surface area contributed by atoms with E-state index in [2.05, 4.69) is 31.2 Å². The van der Waals surface area contributed by atoms with Crippen LogP contribution in [0.1, 0.15) is 29.5 Å². The van der Waals surface area contributed by atoms with Crippen molar-refractivity contribution in [3.8, 4) is 17.2 Å². The molecule has 0 aromatic heterocycles. The van der Waals surface area contributed by atoms with E-state index < -0.39 is 0 Å². The minimum absolute atomic E-state index is 0.113. The summed E-state index contributed by atoms with van der Waals surface area (Å²) in [6.45, 7) is 2.75. The van der Waals surface area contributed by atoms with Gasteiger partial charge in [-0.1, -0.05) is 37.3 Å². The molecule has 0 bridgehead atoms. The summed E-state index contributed by atoms with van der Waals surface area (Å²) in [7, 11) is 3.23. The predicted molar refractivity (Wildman–Crippen MR) is 126 cm³/mol. The lowest BCUT2D eigenvalue weighted by atomic mass is 9.67. The molecule has 0 fully saturated rings. The Hall–Kier alpha value is -2.67. The molecule has 0 saturated heterocycles. The number of aromatic hydroxyl groups is 1. The van der Waals surface area contributed by atoms with Gasteiger partial charge in [0.2, 0.25) is 0 Å². The van der Waals surface area contributed by atoms with Crippen molar-refractivity contribution in [3.63, 3.8) is 0 Å². The normalized spacial score (nSPS) is 19.9. The number of phenolic OH excluding ortho intramolecular Hbond substituents is 1. The summed E-state index contributed by atoms with van der Waals surface area (Å²) in [5.41, 5.74) is 3.48. The third-order valence-electron chi connectivity index (χ3n) is 5.89. The van der Waals surface area contributed by atoms with Crippen LogP contribution in [0.4, 0.5) is 0 Å². The van der Waals surface area contributed by atoms with Crippen LogP contribution in [0.5, 0.6) is 17.2 Å². The average molecular weight is 453 g/mol. The van der Waals surface area contributed by atoms with Gasteiger partial charge >= 0.3 is 0 Å². The van der Waals surface area contributed by atoms with Gasteiger partial charge in [-0.25, -0.2) is 0 Å². The van der Waals surface area contributed by atoms with E-state index in [1.807, 2.05) is 42.1 Å². The predicted octanol–water partition coefficient (Wildman–Crippen LogP) is 5.55. The maximum absolute atomic E-state index is 9.86. The van der Waals surface area contributed by atoms with Crippen LogP contribution >= 0.6 is 11.8 Å². The Labute approximate surface area is 193 Å². The lowest BCUT2D eigenvalue weighted by Gasteiger charge is -2.43. The van der Waals surface area contributed by atoms with Crippen LogP contribution in [0.15, 0.2) is 71.6 Å². The molecule has 6 heteroatoms. The summed E-state index contributed by atoms with van der Waals surface area (Å²) in [6.07, 6.45) is 0. The molecule has 168 valence electrons. The Morgan fingerprint density at radius 3 is 2.16 bits per heavy atom. The number of phenols is 1. The Morgan fingerprint density at radius 1 is 0.875 bits per heavy atom. The molecular weight excluding hydrogens is 424 g/mol. The number of benzene rings is 3. The summed E-state index contributed by atoms with van der Waals surface area (Å²) < 4.78 is 21.3. The molecule has 0 aliphatic carbocycles. The van der Waals surface area contributed by atoms with Crippen LogP contribution in [-0.4, -0.2) is 38.7 Å². The average Bonchev–Trinajstić information content (AvgIpc) is 2.82. The minimum atomic E-state index is -0.163. The number of rotatable bonds is 8. The lowest BCUT2D eigenvalue weighted by molar-refractivity contribution is 0.0508. The van der Waals surface area contributed by atoms with Crippen molar-refractivity contribution in [2.24, 2.45) is 0 Å². The first-order valence-electron chi connectivity index (χ1n) is 10.4. The molecule has 1 N–H and O–H groups in total. The van der Waals surface area contributed by atoms with Crippen LogP contribution < -0.4 is 9.47 Å². The van der Waals surface area contributed by atoms with Crippen molar-refractivity contribution in [3.05, 3.63) is 83.4 Å². The topological polar surface area (TPSA) is 57.2 Å². The third kappa shape index (κ3) is 4.58. The first-order valence-corrected chi connectivity index (χ1v) is 11.4. The van der Waals surface area contributed by atoms with Crippen LogP contribution in [0.25, 0.3) is 0 Å². The molecule has 0 radical (unpaired) electrons. The van der Waals surface area contributed by atoms with Crippen molar-refractivity contribution in [2.75, 3.05) is 33.6 Å². The summed E-state index contributed by atoms with van der Waals surface area (Å²) >= 11 is 1.84. The molecule has 32 heavy (non-hydrogen) atoms. The molecule has 3 aromatic carbocycles. The highest BCUT2D eigenvalue weighted by Gasteiger charge is 2.42. The van der Waals surface area contributed by atoms with E-state index in [-0.39, 0.29) is 30.7 Å². The summed E-state index contributed by atoms with van der Waals surface area (Å²) in [6, 6.07) is 22.1. The summed E-state index contributed by atoms with van der Waals surface area (Å²) in [5.74, 6) is 2.86. The van der Waals surface area contributed by atoms with Crippen molar-refractivity contribution in [1.82, 2.24) is 0 Å². The molecule has 3 aromatic rings. The van der Waals surface area contributed by atoms with Gasteiger partial charge < -0.3 is 24.1 Å². The number of fused-ring (bicyclic) bond motifs is 1.